The van der Waals surface area contributed by atoms with E-state index in [2.05, 4.69) is 15.4 Å². The van der Waals surface area contributed by atoms with Crippen molar-refractivity contribution < 1.29 is 13.9 Å². The molecule has 1 aliphatic carbocycles. The van der Waals surface area contributed by atoms with Gasteiger partial charge in [0, 0.05) is 30.1 Å². The molecule has 132 valence electrons. The fourth-order valence-electron chi connectivity index (χ4n) is 3.00. The number of ether oxygens (including phenoxy) is 1. The second kappa shape index (κ2) is 6.25. The van der Waals surface area contributed by atoms with Gasteiger partial charge in [-0.25, -0.2) is 14.1 Å². The summed E-state index contributed by atoms with van der Waals surface area (Å²) in [6.45, 7) is 0. The van der Waals surface area contributed by atoms with E-state index in [1.807, 2.05) is 0 Å². The highest BCUT2D eigenvalue weighted by molar-refractivity contribution is 6.00. The Kier molecular flexibility index (Phi) is 3.91. The first kappa shape index (κ1) is 16.3. The number of anilines is 1. The molecular formula is C19H17FN4O2. The number of hydrogen-bond donors (Lipinski definition) is 1. The number of nitrogens with zero attached hydrogens (tertiary/aromatic N) is 3. The molecule has 1 aliphatic rings. The first-order valence-electron chi connectivity index (χ1n) is 8.25. The molecule has 1 amide bonds. The number of carbonyl (C=O) groups excluding carboxylic acids is 1. The Morgan fingerprint density at radius 2 is 2.08 bits per heavy atom. The maximum Gasteiger partial charge on any atom is 0.236 e. The molecule has 2 heterocycles. The Morgan fingerprint density at radius 1 is 1.27 bits per heavy atom. The minimum absolute atomic E-state index is 0.244. The second-order valence-corrected chi connectivity index (χ2v) is 6.22. The summed E-state index contributed by atoms with van der Waals surface area (Å²) in [5.74, 6) is 1.02. The number of nitrogens with one attached hydrogen (secondary N) is 1. The van der Waals surface area contributed by atoms with Gasteiger partial charge in [0.05, 0.1) is 12.5 Å². The Bertz CT molecular complexity index is 965. The molecule has 6 nitrogen and oxygen atoms in total. The first-order chi connectivity index (χ1) is 12.6. The zero-order valence-corrected chi connectivity index (χ0v) is 14.1. The highest BCUT2D eigenvalue weighted by Gasteiger charge is 2.52. The van der Waals surface area contributed by atoms with Gasteiger partial charge in [0.25, 0.3) is 0 Å². The molecule has 2 aromatic heterocycles. The Hall–Kier alpha value is -3.22. The summed E-state index contributed by atoms with van der Waals surface area (Å²) in [6, 6.07) is 11.6. The summed E-state index contributed by atoms with van der Waals surface area (Å²) >= 11 is 0. The number of hydrogen-bond acceptors (Lipinski definition) is 4. The van der Waals surface area contributed by atoms with Crippen molar-refractivity contribution in [3.8, 4) is 11.6 Å². The molecule has 0 unspecified atom stereocenters. The number of pyridine rings is 1. The van der Waals surface area contributed by atoms with Crippen LogP contribution < -0.4 is 10.1 Å². The summed E-state index contributed by atoms with van der Waals surface area (Å²) in [5, 5.41) is 7.12. The van der Waals surface area contributed by atoms with E-state index in [9.17, 15) is 9.18 Å². The van der Waals surface area contributed by atoms with E-state index in [4.69, 9.17) is 4.74 Å². The van der Waals surface area contributed by atoms with Crippen LogP contribution in [-0.4, -0.2) is 27.8 Å². The summed E-state index contributed by atoms with van der Waals surface area (Å²) in [7, 11) is 1.58. The predicted octanol–water partition coefficient (Wildman–Crippen LogP) is 3.09. The lowest BCUT2D eigenvalue weighted by molar-refractivity contribution is -0.118. The maximum atomic E-state index is 14.1. The summed E-state index contributed by atoms with van der Waals surface area (Å²) in [6.07, 6.45) is 4.56. The molecule has 0 bridgehead atoms. The topological polar surface area (TPSA) is 69.0 Å². The van der Waals surface area contributed by atoms with Gasteiger partial charge in [-0.15, -0.1) is 5.10 Å². The molecule has 7 heteroatoms. The van der Waals surface area contributed by atoms with Crippen LogP contribution in [0.1, 0.15) is 18.4 Å². The van der Waals surface area contributed by atoms with Crippen molar-refractivity contribution in [2.24, 2.45) is 0 Å². The average molecular weight is 352 g/mol. The minimum Gasteiger partial charge on any atom is -0.497 e. The predicted molar refractivity (Wildman–Crippen MR) is 93.9 cm³/mol. The highest BCUT2D eigenvalue weighted by Crippen LogP contribution is 2.49. The van der Waals surface area contributed by atoms with Crippen molar-refractivity contribution in [2.45, 2.75) is 18.3 Å². The zero-order chi connectivity index (χ0) is 18.1. The van der Waals surface area contributed by atoms with Gasteiger partial charge in [-0.05, 0) is 25.0 Å². The largest absolute Gasteiger partial charge is 0.497 e. The zero-order valence-electron chi connectivity index (χ0n) is 14.1. The monoisotopic (exact) mass is 352 g/mol. The summed E-state index contributed by atoms with van der Waals surface area (Å²) in [4.78, 5) is 17.0. The number of benzene rings is 1. The molecular weight excluding hydrogens is 335 g/mol. The molecule has 4 rings (SSSR count). The minimum atomic E-state index is -0.802. The van der Waals surface area contributed by atoms with Crippen LogP contribution in [0.3, 0.4) is 0 Å². The van der Waals surface area contributed by atoms with Crippen LogP contribution >= 0.6 is 0 Å². The van der Waals surface area contributed by atoms with Crippen LogP contribution in [0, 0.1) is 5.82 Å². The lowest BCUT2D eigenvalue weighted by Crippen LogP contribution is -2.29. The van der Waals surface area contributed by atoms with E-state index < -0.39 is 5.41 Å². The molecule has 3 aromatic rings. The number of carbonyl (C=O) groups is 1. The molecule has 0 spiro atoms. The quantitative estimate of drug-likeness (QED) is 0.766. The number of aromatic nitrogens is 3. The second-order valence-electron chi connectivity index (χ2n) is 6.22. The van der Waals surface area contributed by atoms with Gasteiger partial charge >= 0.3 is 0 Å². The molecule has 0 aliphatic heterocycles. The summed E-state index contributed by atoms with van der Waals surface area (Å²) in [5.41, 5.74) is -0.366. The van der Waals surface area contributed by atoms with Crippen molar-refractivity contribution in [1.82, 2.24) is 14.8 Å². The standard InChI is InChI=1S/C19H17FN4O2/c1-26-13-6-10-21-17(12-13)24-11-7-16(23-24)22-18(25)19(8-9-19)14-4-2-3-5-15(14)20/h2-7,10-12H,8-9H2,1H3,(H,22,23,25). The number of halogens is 1. The smallest absolute Gasteiger partial charge is 0.236 e. The third kappa shape index (κ3) is 2.81. The van der Waals surface area contributed by atoms with Gasteiger partial charge in [-0.3, -0.25) is 4.79 Å². The molecule has 1 aromatic carbocycles. The van der Waals surface area contributed by atoms with E-state index in [1.54, 1.807) is 60.6 Å². The third-order valence-electron chi connectivity index (χ3n) is 4.59. The SMILES string of the molecule is COc1ccnc(-n2ccc(NC(=O)C3(c4ccccc4F)CC3)n2)c1. The fourth-order valence-corrected chi connectivity index (χ4v) is 3.00. The molecule has 1 N–H and O–H groups in total. The molecule has 0 radical (unpaired) electrons. The van der Waals surface area contributed by atoms with Crippen molar-refractivity contribution in [3.05, 3.63) is 66.2 Å². The van der Waals surface area contributed by atoms with Crippen LogP contribution in [0.15, 0.2) is 54.9 Å². The molecule has 26 heavy (non-hydrogen) atoms. The van der Waals surface area contributed by atoms with E-state index >= 15 is 0 Å². The normalized spacial score (nSPS) is 14.7. The van der Waals surface area contributed by atoms with Crippen LogP contribution in [0.2, 0.25) is 0 Å². The maximum absolute atomic E-state index is 14.1. The average Bonchev–Trinajstić information content (AvgIpc) is 3.35. The molecule has 0 atom stereocenters. The van der Waals surface area contributed by atoms with Crippen LogP contribution in [0.5, 0.6) is 5.75 Å². The van der Waals surface area contributed by atoms with E-state index in [0.717, 1.165) is 0 Å². The first-order valence-corrected chi connectivity index (χ1v) is 8.25. The molecule has 1 fully saturated rings. The van der Waals surface area contributed by atoms with Gasteiger partial charge in [-0.1, -0.05) is 18.2 Å². The van der Waals surface area contributed by atoms with Crippen molar-refractivity contribution >= 4 is 11.7 Å². The fraction of sp³-hybridized carbons (Fsp3) is 0.211. The van der Waals surface area contributed by atoms with E-state index in [1.165, 1.54) is 6.07 Å². The Morgan fingerprint density at radius 3 is 2.81 bits per heavy atom. The van der Waals surface area contributed by atoms with Crippen molar-refractivity contribution in [3.63, 3.8) is 0 Å². The van der Waals surface area contributed by atoms with E-state index in [-0.39, 0.29) is 11.7 Å². The van der Waals surface area contributed by atoms with Crippen LogP contribution in [0.25, 0.3) is 5.82 Å². The van der Waals surface area contributed by atoms with Gasteiger partial charge in [0.2, 0.25) is 5.91 Å². The lowest BCUT2D eigenvalue weighted by Gasteiger charge is -2.15. The Labute approximate surface area is 149 Å². The van der Waals surface area contributed by atoms with Gasteiger partial charge in [0.1, 0.15) is 11.6 Å². The van der Waals surface area contributed by atoms with Crippen LogP contribution in [-0.2, 0) is 10.2 Å². The lowest BCUT2D eigenvalue weighted by atomic mass is 9.94. The number of rotatable bonds is 5. The van der Waals surface area contributed by atoms with Crippen molar-refractivity contribution in [2.75, 3.05) is 12.4 Å². The number of amides is 1. The van der Waals surface area contributed by atoms with Gasteiger partial charge < -0.3 is 10.1 Å². The van der Waals surface area contributed by atoms with E-state index in [0.29, 0.717) is 35.8 Å². The molecule has 0 saturated heterocycles. The third-order valence-corrected chi connectivity index (χ3v) is 4.59. The molecule has 1 saturated carbocycles. The summed E-state index contributed by atoms with van der Waals surface area (Å²) < 4.78 is 20.8. The van der Waals surface area contributed by atoms with Crippen LogP contribution in [0.4, 0.5) is 10.2 Å². The number of methoxy groups -OCH3 is 1. The van der Waals surface area contributed by atoms with Gasteiger partial charge in [-0.2, -0.15) is 0 Å². The highest BCUT2D eigenvalue weighted by atomic mass is 19.1. The van der Waals surface area contributed by atoms with Crippen molar-refractivity contribution in [1.29, 1.82) is 0 Å². The Balaban J connectivity index is 1.54. The van der Waals surface area contributed by atoms with Gasteiger partial charge in [0.15, 0.2) is 11.6 Å².